The fourth-order valence-electron chi connectivity index (χ4n) is 3.21. The van der Waals surface area contributed by atoms with Gasteiger partial charge in [-0.2, -0.15) is 0 Å². The van der Waals surface area contributed by atoms with Crippen molar-refractivity contribution in [2.24, 2.45) is 5.41 Å². The predicted octanol–water partition coefficient (Wildman–Crippen LogP) is 2.50. The summed E-state index contributed by atoms with van der Waals surface area (Å²) in [6.07, 6.45) is 2.53. The maximum absolute atomic E-state index is 12.3. The molecule has 0 bridgehead atoms. The zero-order valence-electron chi connectivity index (χ0n) is 12.6. The van der Waals surface area contributed by atoms with Gasteiger partial charge in [-0.05, 0) is 31.4 Å². The number of nitrogens with zero attached hydrogens (tertiary/aromatic N) is 1. The Labute approximate surface area is 144 Å². The second-order valence-electron chi connectivity index (χ2n) is 6.07. The summed E-state index contributed by atoms with van der Waals surface area (Å²) in [6.45, 7) is 1.73. The van der Waals surface area contributed by atoms with Crippen LogP contribution in [-0.4, -0.2) is 43.0 Å². The number of piperidine rings is 1. The van der Waals surface area contributed by atoms with Gasteiger partial charge in [0.15, 0.2) is 6.61 Å². The Kier molecular flexibility index (Phi) is 4.69. The number of rotatable bonds is 3. The Morgan fingerprint density at radius 3 is 2.87 bits per heavy atom. The van der Waals surface area contributed by atoms with Crippen LogP contribution < -0.4 is 10.1 Å². The summed E-state index contributed by atoms with van der Waals surface area (Å²) in [6, 6.07) is 4.87. The van der Waals surface area contributed by atoms with Crippen molar-refractivity contribution in [3.05, 3.63) is 28.2 Å². The molecule has 2 amide bonds. The van der Waals surface area contributed by atoms with Gasteiger partial charge in [0.2, 0.25) is 5.91 Å². The Morgan fingerprint density at radius 2 is 2.13 bits per heavy atom. The maximum Gasteiger partial charge on any atom is 0.260 e. The summed E-state index contributed by atoms with van der Waals surface area (Å²) < 4.78 is 5.48. The zero-order valence-corrected chi connectivity index (χ0v) is 14.1. The second kappa shape index (κ2) is 6.57. The molecule has 2 fully saturated rings. The van der Waals surface area contributed by atoms with Gasteiger partial charge < -0.3 is 15.0 Å². The van der Waals surface area contributed by atoms with Crippen LogP contribution >= 0.6 is 23.2 Å². The summed E-state index contributed by atoms with van der Waals surface area (Å²) in [5.41, 5.74) is -0.405. The lowest BCUT2D eigenvalue weighted by molar-refractivity contribution is -0.135. The molecule has 0 saturated carbocycles. The van der Waals surface area contributed by atoms with Gasteiger partial charge >= 0.3 is 0 Å². The third-order valence-electron chi connectivity index (χ3n) is 4.56. The number of carbonyl (C=O) groups excluding carboxylic acids is 2. The average molecular weight is 357 g/mol. The van der Waals surface area contributed by atoms with Gasteiger partial charge in [0.1, 0.15) is 5.75 Å². The van der Waals surface area contributed by atoms with E-state index in [0.29, 0.717) is 28.9 Å². The molecule has 2 aliphatic heterocycles. The first-order chi connectivity index (χ1) is 11.0. The lowest BCUT2D eigenvalue weighted by Gasteiger charge is -2.32. The molecule has 0 aliphatic carbocycles. The minimum absolute atomic E-state index is 0.0736. The molecule has 5 nitrogen and oxygen atoms in total. The number of likely N-dealkylation sites (tertiary alicyclic amines) is 1. The molecule has 2 heterocycles. The molecule has 2 aliphatic rings. The van der Waals surface area contributed by atoms with E-state index in [-0.39, 0.29) is 18.4 Å². The van der Waals surface area contributed by atoms with Gasteiger partial charge in [0, 0.05) is 25.7 Å². The van der Waals surface area contributed by atoms with E-state index in [9.17, 15) is 9.59 Å². The summed E-state index contributed by atoms with van der Waals surface area (Å²) in [5, 5.41) is 3.73. The molecule has 0 aromatic heterocycles. The first kappa shape index (κ1) is 16.4. The largest absolute Gasteiger partial charge is 0.484 e. The number of ether oxygens (including phenoxy) is 1. The molecule has 1 unspecified atom stereocenters. The van der Waals surface area contributed by atoms with E-state index in [4.69, 9.17) is 27.9 Å². The number of amides is 2. The normalized spacial score (nSPS) is 23.9. The van der Waals surface area contributed by atoms with Crippen molar-refractivity contribution < 1.29 is 14.3 Å². The Hall–Kier alpha value is -1.46. The first-order valence-corrected chi connectivity index (χ1v) is 8.40. The number of hydrogen-bond acceptors (Lipinski definition) is 3. The highest BCUT2D eigenvalue weighted by molar-refractivity contribution is 6.42. The van der Waals surface area contributed by atoms with Crippen LogP contribution in [0, 0.1) is 5.41 Å². The van der Waals surface area contributed by atoms with Crippen molar-refractivity contribution in [3.8, 4) is 5.75 Å². The van der Waals surface area contributed by atoms with E-state index >= 15 is 0 Å². The number of halogens is 2. The van der Waals surface area contributed by atoms with E-state index in [1.54, 1.807) is 23.1 Å². The predicted molar refractivity (Wildman–Crippen MR) is 87.8 cm³/mol. The summed E-state index contributed by atoms with van der Waals surface area (Å²) in [7, 11) is 0. The first-order valence-electron chi connectivity index (χ1n) is 7.64. The second-order valence-corrected chi connectivity index (χ2v) is 6.88. The SMILES string of the molecule is O=C(COc1ccc(Cl)c(Cl)c1)N1CCC2(CCCNC2=O)C1. The monoisotopic (exact) mass is 356 g/mol. The Morgan fingerprint density at radius 1 is 1.30 bits per heavy atom. The highest BCUT2D eigenvalue weighted by Gasteiger charge is 2.46. The fraction of sp³-hybridized carbons (Fsp3) is 0.500. The van der Waals surface area contributed by atoms with Crippen molar-refractivity contribution in [2.45, 2.75) is 19.3 Å². The Bertz CT molecular complexity index is 638. The smallest absolute Gasteiger partial charge is 0.260 e. The highest BCUT2D eigenvalue weighted by atomic mass is 35.5. The van der Waals surface area contributed by atoms with E-state index in [1.165, 1.54) is 0 Å². The van der Waals surface area contributed by atoms with Crippen LogP contribution in [0.25, 0.3) is 0 Å². The third kappa shape index (κ3) is 3.40. The molecule has 3 rings (SSSR count). The molecule has 1 aromatic rings. The molecule has 124 valence electrons. The maximum atomic E-state index is 12.3. The van der Waals surface area contributed by atoms with Crippen LogP contribution in [0.1, 0.15) is 19.3 Å². The van der Waals surface area contributed by atoms with Crippen molar-refractivity contribution in [1.29, 1.82) is 0 Å². The Balaban J connectivity index is 1.57. The molecule has 7 heteroatoms. The number of hydrogen-bond donors (Lipinski definition) is 1. The molecule has 1 aromatic carbocycles. The fourth-order valence-corrected chi connectivity index (χ4v) is 3.50. The molecule has 1 spiro atoms. The summed E-state index contributed by atoms with van der Waals surface area (Å²) in [5.74, 6) is 0.452. The topological polar surface area (TPSA) is 58.6 Å². The molecule has 2 saturated heterocycles. The quantitative estimate of drug-likeness (QED) is 0.904. The van der Waals surface area contributed by atoms with E-state index < -0.39 is 5.41 Å². The molecular formula is C16H18Cl2N2O3. The van der Waals surface area contributed by atoms with Gasteiger partial charge in [-0.15, -0.1) is 0 Å². The van der Waals surface area contributed by atoms with Crippen molar-refractivity contribution in [3.63, 3.8) is 0 Å². The lowest BCUT2D eigenvalue weighted by Crippen LogP contribution is -2.48. The van der Waals surface area contributed by atoms with Crippen molar-refractivity contribution >= 4 is 35.0 Å². The lowest BCUT2D eigenvalue weighted by atomic mass is 9.79. The standard InChI is InChI=1S/C16H18Cl2N2O3/c17-12-3-2-11(8-13(12)18)23-9-14(21)20-7-5-16(10-20)4-1-6-19-15(16)22/h2-3,8H,1,4-7,9-10H2,(H,19,22). The van der Waals surface area contributed by atoms with Crippen LogP contribution in [0.3, 0.4) is 0 Å². The van der Waals surface area contributed by atoms with Crippen LogP contribution in [-0.2, 0) is 9.59 Å². The van der Waals surface area contributed by atoms with Gasteiger partial charge in [0.25, 0.3) is 5.91 Å². The molecular weight excluding hydrogens is 339 g/mol. The minimum atomic E-state index is -0.405. The van der Waals surface area contributed by atoms with Crippen LogP contribution in [0.5, 0.6) is 5.75 Å². The zero-order chi connectivity index (χ0) is 16.4. The molecule has 0 radical (unpaired) electrons. The molecule has 1 N–H and O–H groups in total. The number of nitrogens with one attached hydrogen (secondary N) is 1. The highest BCUT2D eigenvalue weighted by Crippen LogP contribution is 2.37. The van der Waals surface area contributed by atoms with Gasteiger partial charge in [-0.1, -0.05) is 23.2 Å². The summed E-state index contributed by atoms with van der Waals surface area (Å²) in [4.78, 5) is 26.2. The number of carbonyl (C=O) groups is 2. The van der Waals surface area contributed by atoms with E-state index in [2.05, 4.69) is 5.32 Å². The third-order valence-corrected chi connectivity index (χ3v) is 5.30. The molecule has 23 heavy (non-hydrogen) atoms. The van der Waals surface area contributed by atoms with Crippen molar-refractivity contribution in [1.82, 2.24) is 10.2 Å². The van der Waals surface area contributed by atoms with Gasteiger partial charge in [-0.25, -0.2) is 0 Å². The van der Waals surface area contributed by atoms with Crippen LogP contribution in [0.4, 0.5) is 0 Å². The van der Waals surface area contributed by atoms with Crippen LogP contribution in [0.15, 0.2) is 18.2 Å². The minimum Gasteiger partial charge on any atom is -0.484 e. The average Bonchev–Trinajstić information content (AvgIpc) is 2.97. The van der Waals surface area contributed by atoms with Crippen molar-refractivity contribution in [2.75, 3.05) is 26.2 Å². The van der Waals surface area contributed by atoms with Crippen LogP contribution in [0.2, 0.25) is 10.0 Å². The molecule has 1 atom stereocenters. The number of benzene rings is 1. The van der Waals surface area contributed by atoms with Gasteiger partial charge in [0.05, 0.1) is 15.5 Å². The van der Waals surface area contributed by atoms with E-state index in [1.807, 2.05) is 0 Å². The van der Waals surface area contributed by atoms with E-state index in [0.717, 1.165) is 25.8 Å². The summed E-state index contributed by atoms with van der Waals surface area (Å²) >= 11 is 11.8. The van der Waals surface area contributed by atoms with Gasteiger partial charge in [-0.3, -0.25) is 9.59 Å².